The fourth-order valence-corrected chi connectivity index (χ4v) is 2.05. The molecule has 0 bridgehead atoms. The molecule has 0 saturated carbocycles. The van der Waals surface area contributed by atoms with Crippen LogP contribution in [0.2, 0.25) is 0 Å². The first-order chi connectivity index (χ1) is 8.69. The Hall–Kier alpha value is -1.69. The van der Waals surface area contributed by atoms with Crippen molar-refractivity contribution in [3.05, 3.63) is 24.3 Å². The number of rotatable bonds is 4. The zero-order chi connectivity index (χ0) is 14.6. The van der Waals surface area contributed by atoms with Crippen LogP contribution in [0.15, 0.2) is 29.2 Å². The molecule has 6 heteroatoms. The van der Waals surface area contributed by atoms with E-state index in [1.165, 1.54) is 0 Å². The first-order valence-corrected chi connectivity index (χ1v) is 6.55. The second kappa shape index (κ2) is 5.97. The van der Waals surface area contributed by atoms with Gasteiger partial charge in [0.1, 0.15) is 5.60 Å². The molecule has 5 nitrogen and oxygen atoms in total. The zero-order valence-electron chi connectivity index (χ0n) is 11.0. The number of carbonyl (C=O) groups is 2. The second-order valence-corrected chi connectivity index (χ2v) is 6.12. The molecule has 104 valence electrons. The molecule has 1 aromatic rings. The van der Waals surface area contributed by atoms with E-state index in [2.05, 4.69) is 0 Å². The van der Waals surface area contributed by atoms with Crippen molar-refractivity contribution in [1.82, 2.24) is 0 Å². The zero-order valence-corrected chi connectivity index (χ0v) is 11.9. The van der Waals surface area contributed by atoms with Crippen LogP contribution in [0.5, 0.6) is 0 Å². The molecule has 1 atom stereocenters. The SMILES string of the molecule is CC(C)(C)OC(=O)C(Sc1ccc(N)cc1)C(=O)O. The summed E-state index contributed by atoms with van der Waals surface area (Å²) in [7, 11) is 0. The van der Waals surface area contributed by atoms with Gasteiger partial charge < -0.3 is 15.6 Å². The van der Waals surface area contributed by atoms with Gasteiger partial charge >= 0.3 is 11.9 Å². The van der Waals surface area contributed by atoms with Crippen LogP contribution in [0, 0.1) is 0 Å². The van der Waals surface area contributed by atoms with E-state index in [9.17, 15) is 9.59 Å². The highest BCUT2D eigenvalue weighted by molar-refractivity contribution is 8.01. The molecule has 0 heterocycles. The first kappa shape index (κ1) is 15.4. The minimum Gasteiger partial charge on any atom is -0.480 e. The van der Waals surface area contributed by atoms with Gasteiger partial charge in [-0.25, -0.2) is 0 Å². The number of nitrogens with two attached hydrogens (primary N) is 1. The van der Waals surface area contributed by atoms with Gasteiger partial charge in [-0.1, -0.05) is 11.8 Å². The summed E-state index contributed by atoms with van der Waals surface area (Å²) >= 11 is 0.925. The number of carboxylic acid groups (broad SMARTS) is 1. The van der Waals surface area contributed by atoms with E-state index in [0.29, 0.717) is 10.6 Å². The lowest BCUT2D eigenvalue weighted by atomic mass is 10.2. The summed E-state index contributed by atoms with van der Waals surface area (Å²) < 4.78 is 5.09. The highest BCUT2D eigenvalue weighted by Gasteiger charge is 2.32. The maximum Gasteiger partial charge on any atom is 0.331 e. The first-order valence-electron chi connectivity index (χ1n) is 5.67. The summed E-state index contributed by atoms with van der Waals surface area (Å²) in [6.45, 7) is 5.08. The third kappa shape index (κ3) is 5.21. The predicted octanol–water partition coefficient (Wildman–Crippen LogP) is 2.16. The Morgan fingerprint density at radius 3 is 2.21 bits per heavy atom. The van der Waals surface area contributed by atoms with Crippen LogP contribution in [0.4, 0.5) is 5.69 Å². The number of esters is 1. The molecule has 0 aliphatic carbocycles. The predicted molar refractivity (Wildman–Crippen MR) is 74.0 cm³/mol. The molecular weight excluding hydrogens is 266 g/mol. The highest BCUT2D eigenvalue weighted by Crippen LogP contribution is 2.26. The second-order valence-electron chi connectivity index (χ2n) is 4.94. The van der Waals surface area contributed by atoms with Crippen LogP contribution in [0.25, 0.3) is 0 Å². The van der Waals surface area contributed by atoms with Gasteiger partial charge in [0, 0.05) is 10.6 Å². The van der Waals surface area contributed by atoms with Gasteiger partial charge in [0.05, 0.1) is 0 Å². The average Bonchev–Trinajstić information content (AvgIpc) is 2.25. The lowest BCUT2D eigenvalue weighted by Crippen LogP contribution is -2.34. The van der Waals surface area contributed by atoms with Crippen molar-refractivity contribution in [3.8, 4) is 0 Å². The maximum absolute atomic E-state index is 11.8. The molecule has 0 amide bonds. The van der Waals surface area contributed by atoms with Gasteiger partial charge in [0.25, 0.3) is 0 Å². The van der Waals surface area contributed by atoms with Gasteiger partial charge in [0.15, 0.2) is 0 Å². The molecule has 0 spiro atoms. The van der Waals surface area contributed by atoms with Crippen LogP contribution >= 0.6 is 11.8 Å². The van der Waals surface area contributed by atoms with Crippen molar-refractivity contribution in [2.24, 2.45) is 0 Å². The van der Waals surface area contributed by atoms with Gasteiger partial charge in [0.2, 0.25) is 5.25 Å². The summed E-state index contributed by atoms with van der Waals surface area (Å²) in [5.74, 6) is -1.99. The Balaban J connectivity index is 2.81. The average molecular weight is 283 g/mol. The summed E-state index contributed by atoms with van der Waals surface area (Å²) in [6, 6.07) is 6.63. The third-order valence-corrected chi connectivity index (χ3v) is 3.15. The topological polar surface area (TPSA) is 89.6 Å². The molecule has 3 N–H and O–H groups in total. The number of thioether (sulfide) groups is 1. The van der Waals surface area contributed by atoms with E-state index in [1.807, 2.05) is 0 Å². The number of hydrogen-bond acceptors (Lipinski definition) is 5. The van der Waals surface area contributed by atoms with E-state index in [4.69, 9.17) is 15.6 Å². The normalized spacial score (nSPS) is 12.8. The van der Waals surface area contributed by atoms with Crippen LogP contribution in [-0.4, -0.2) is 27.9 Å². The number of carbonyl (C=O) groups excluding carboxylic acids is 1. The smallest absolute Gasteiger partial charge is 0.331 e. The molecule has 1 aromatic carbocycles. The molecule has 1 rings (SSSR count). The Labute approximate surface area is 116 Å². The van der Waals surface area contributed by atoms with Crippen molar-refractivity contribution >= 4 is 29.4 Å². The van der Waals surface area contributed by atoms with Gasteiger partial charge in [-0.15, -0.1) is 0 Å². The molecule has 0 aliphatic heterocycles. The van der Waals surface area contributed by atoms with Crippen LogP contribution in [0.3, 0.4) is 0 Å². The van der Waals surface area contributed by atoms with Crippen LogP contribution in [-0.2, 0) is 14.3 Å². The molecular formula is C13H17NO4S. The minimum atomic E-state index is -1.29. The molecule has 0 aromatic heterocycles. The lowest BCUT2D eigenvalue weighted by molar-refractivity contribution is -0.158. The summed E-state index contributed by atoms with van der Waals surface area (Å²) in [4.78, 5) is 23.6. The van der Waals surface area contributed by atoms with Crippen LogP contribution < -0.4 is 5.73 Å². The Bertz CT molecular complexity index is 465. The molecule has 0 radical (unpaired) electrons. The highest BCUT2D eigenvalue weighted by atomic mass is 32.2. The third-order valence-electron chi connectivity index (χ3n) is 1.98. The fourth-order valence-electron chi connectivity index (χ4n) is 1.24. The van der Waals surface area contributed by atoms with Crippen molar-refractivity contribution in [2.45, 2.75) is 36.5 Å². The number of nitrogen functional groups attached to an aromatic ring is 1. The molecule has 0 fully saturated rings. The lowest BCUT2D eigenvalue weighted by Gasteiger charge is -2.22. The maximum atomic E-state index is 11.8. The van der Waals surface area contributed by atoms with Crippen molar-refractivity contribution in [1.29, 1.82) is 0 Å². The van der Waals surface area contributed by atoms with Crippen LogP contribution in [0.1, 0.15) is 20.8 Å². The largest absolute Gasteiger partial charge is 0.480 e. The summed E-state index contributed by atoms with van der Waals surface area (Å²) in [5.41, 5.74) is 5.40. The fraction of sp³-hybridized carbons (Fsp3) is 0.385. The number of carboxylic acids is 1. The summed E-state index contributed by atoms with van der Waals surface area (Å²) in [5, 5.41) is 7.82. The van der Waals surface area contributed by atoms with E-state index < -0.39 is 22.8 Å². The number of ether oxygens (including phenoxy) is 1. The van der Waals surface area contributed by atoms with E-state index in [0.717, 1.165) is 11.8 Å². The minimum absolute atomic E-state index is 0.577. The van der Waals surface area contributed by atoms with Gasteiger partial charge in [-0.05, 0) is 45.0 Å². The van der Waals surface area contributed by atoms with Crippen molar-refractivity contribution in [2.75, 3.05) is 5.73 Å². The molecule has 0 aliphatic rings. The number of hydrogen-bond donors (Lipinski definition) is 2. The monoisotopic (exact) mass is 283 g/mol. The van der Waals surface area contributed by atoms with Crippen molar-refractivity contribution in [3.63, 3.8) is 0 Å². The molecule has 0 saturated heterocycles. The van der Waals surface area contributed by atoms with Gasteiger partial charge in [-0.3, -0.25) is 9.59 Å². The van der Waals surface area contributed by atoms with Crippen molar-refractivity contribution < 1.29 is 19.4 Å². The quantitative estimate of drug-likeness (QED) is 0.381. The van der Waals surface area contributed by atoms with E-state index >= 15 is 0 Å². The van der Waals surface area contributed by atoms with E-state index in [1.54, 1.807) is 45.0 Å². The number of anilines is 1. The molecule has 19 heavy (non-hydrogen) atoms. The number of benzene rings is 1. The standard InChI is InChI=1S/C13H17NO4S/c1-13(2,3)18-12(17)10(11(15)16)19-9-6-4-8(14)5-7-9/h4-7,10H,14H2,1-3H3,(H,15,16). The Morgan fingerprint density at radius 1 is 1.26 bits per heavy atom. The Kier molecular flexibility index (Phi) is 4.83. The Morgan fingerprint density at radius 2 is 1.79 bits per heavy atom. The van der Waals surface area contributed by atoms with Gasteiger partial charge in [-0.2, -0.15) is 0 Å². The molecule has 1 unspecified atom stereocenters. The number of aliphatic carboxylic acids is 1. The van der Waals surface area contributed by atoms with E-state index in [-0.39, 0.29) is 0 Å². The summed E-state index contributed by atoms with van der Waals surface area (Å²) in [6.07, 6.45) is 0.